The normalized spacial score (nSPS) is 17.3. The van der Waals surface area contributed by atoms with Crippen LogP contribution in [0.4, 0.5) is 0 Å². The standard InChI is InChI=1S/C8H10Te/c1-2-4-8-6-9-5-7(8)3-1/h5-6H,1-4H2. The molecule has 0 amide bonds. The van der Waals surface area contributed by atoms with Crippen molar-refractivity contribution in [2.24, 2.45) is 0 Å². The van der Waals surface area contributed by atoms with Crippen LogP contribution in [0, 0.1) is 0 Å². The number of fused-ring (bicyclic) bond motifs is 1. The van der Waals surface area contributed by atoms with E-state index in [1.807, 2.05) is 0 Å². The molecule has 1 aliphatic carbocycles. The molecule has 1 aromatic heterocycles. The number of aryl methyl sites for hydroxylation is 2. The Balaban J connectivity index is 2.39. The summed E-state index contributed by atoms with van der Waals surface area (Å²) in [5, 5.41) is 0. The Morgan fingerprint density at radius 3 is 2.11 bits per heavy atom. The van der Waals surface area contributed by atoms with Gasteiger partial charge in [-0.05, 0) is 0 Å². The van der Waals surface area contributed by atoms with Gasteiger partial charge < -0.3 is 0 Å². The summed E-state index contributed by atoms with van der Waals surface area (Å²) in [6, 6.07) is 0. The van der Waals surface area contributed by atoms with Gasteiger partial charge in [0.15, 0.2) is 0 Å². The first-order valence-electron chi connectivity index (χ1n) is 3.51. The minimum atomic E-state index is 0.211. The monoisotopic (exact) mass is 236 g/mol. The van der Waals surface area contributed by atoms with E-state index < -0.39 is 0 Å². The molecule has 0 saturated heterocycles. The van der Waals surface area contributed by atoms with Gasteiger partial charge in [0, 0.05) is 0 Å². The molecule has 0 N–H and O–H groups in total. The average molecular weight is 234 g/mol. The topological polar surface area (TPSA) is 0 Å². The molecule has 1 heteroatoms. The molecular weight excluding hydrogens is 224 g/mol. The zero-order valence-electron chi connectivity index (χ0n) is 5.39. The molecule has 0 saturated carbocycles. The molecule has 9 heavy (non-hydrogen) atoms. The van der Waals surface area contributed by atoms with Crippen LogP contribution in [-0.4, -0.2) is 20.4 Å². The third kappa shape index (κ3) is 1.09. The van der Waals surface area contributed by atoms with E-state index in [0.29, 0.717) is 0 Å². The van der Waals surface area contributed by atoms with E-state index >= 15 is 0 Å². The molecule has 2 rings (SSSR count). The first-order chi connectivity index (χ1) is 4.47. The molecule has 0 spiro atoms. The minimum absolute atomic E-state index is 0.211. The van der Waals surface area contributed by atoms with E-state index in [9.17, 15) is 0 Å². The van der Waals surface area contributed by atoms with Crippen molar-refractivity contribution >= 4 is 20.4 Å². The molecule has 0 bridgehead atoms. The second-order valence-corrected chi connectivity index (χ2v) is 4.75. The molecule has 1 aromatic rings. The molecule has 0 nitrogen and oxygen atoms in total. The molecule has 0 fully saturated rings. The molecule has 0 unspecified atom stereocenters. The Kier molecular flexibility index (Phi) is 1.66. The van der Waals surface area contributed by atoms with Crippen molar-refractivity contribution in [2.75, 3.05) is 0 Å². The summed E-state index contributed by atoms with van der Waals surface area (Å²) < 4.78 is 5.03. The summed E-state index contributed by atoms with van der Waals surface area (Å²) in [6.45, 7) is 0. The summed E-state index contributed by atoms with van der Waals surface area (Å²) in [4.78, 5) is 0. The maximum absolute atomic E-state index is 2.51. The van der Waals surface area contributed by atoms with Gasteiger partial charge in [-0.3, -0.25) is 0 Å². The number of hydrogen-bond donors (Lipinski definition) is 0. The van der Waals surface area contributed by atoms with Crippen LogP contribution in [0.3, 0.4) is 0 Å². The zero-order chi connectivity index (χ0) is 6.10. The quantitative estimate of drug-likeness (QED) is 0.598. The first-order valence-corrected chi connectivity index (χ1v) is 6.20. The molecule has 0 aliphatic heterocycles. The van der Waals surface area contributed by atoms with Crippen LogP contribution in [0.2, 0.25) is 0 Å². The van der Waals surface area contributed by atoms with Gasteiger partial charge in [-0.1, -0.05) is 0 Å². The Morgan fingerprint density at radius 2 is 1.56 bits per heavy atom. The first kappa shape index (κ1) is 6.01. The van der Waals surface area contributed by atoms with Crippen molar-refractivity contribution in [2.45, 2.75) is 25.7 Å². The second-order valence-electron chi connectivity index (χ2n) is 2.63. The Bertz CT molecular complexity index is 180. The van der Waals surface area contributed by atoms with E-state index in [2.05, 4.69) is 8.16 Å². The Morgan fingerprint density at radius 1 is 1.00 bits per heavy atom. The van der Waals surface area contributed by atoms with Crippen LogP contribution in [0.1, 0.15) is 24.0 Å². The second kappa shape index (κ2) is 2.48. The molecule has 1 heterocycles. The van der Waals surface area contributed by atoms with Gasteiger partial charge >= 0.3 is 65.4 Å². The van der Waals surface area contributed by atoms with Gasteiger partial charge in [-0.25, -0.2) is 0 Å². The van der Waals surface area contributed by atoms with Crippen molar-refractivity contribution in [3.63, 3.8) is 0 Å². The summed E-state index contributed by atoms with van der Waals surface area (Å²) in [5.74, 6) is 0. The van der Waals surface area contributed by atoms with Crippen LogP contribution in [0.25, 0.3) is 0 Å². The van der Waals surface area contributed by atoms with Crippen molar-refractivity contribution in [1.29, 1.82) is 0 Å². The van der Waals surface area contributed by atoms with Gasteiger partial charge in [0.25, 0.3) is 0 Å². The molecule has 48 valence electrons. The van der Waals surface area contributed by atoms with Crippen LogP contribution < -0.4 is 0 Å². The fraction of sp³-hybridized carbons (Fsp3) is 0.500. The van der Waals surface area contributed by atoms with E-state index in [-0.39, 0.29) is 20.4 Å². The van der Waals surface area contributed by atoms with Gasteiger partial charge in [-0.15, -0.1) is 0 Å². The van der Waals surface area contributed by atoms with Crippen LogP contribution in [0.5, 0.6) is 0 Å². The van der Waals surface area contributed by atoms with Crippen molar-refractivity contribution < 1.29 is 0 Å². The van der Waals surface area contributed by atoms with Crippen LogP contribution >= 0.6 is 0 Å². The predicted molar refractivity (Wildman–Crippen MR) is 40.0 cm³/mol. The van der Waals surface area contributed by atoms with Crippen LogP contribution in [-0.2, 0) is 12.8 Å². The number of rotatable bonds is 0. The summed E-state index contributed by atoms with van der Waals surface area (Å²) in [7, 11) is 0. The van der Waals surface area contributed by atoms with Crippen molar-refractivity contribution in [3.05, 3.63) is 19.3 Å². The third-order valence-corrected chi connectivity index (χ3v) is 4.38. The predicted octanol–water partition coefficient (Wildman–Crippen LogP) is 1.62. The van der Waals surface area contributed by atoms with Crippen molar-refractivity contribution in [1.82, 2.24) is 0 Å². The molecule has 1 aliphatic rings. The average Bonchev–Trinajstić information content (AvgIpc) is 2.33. The summed E-state index contributed by atoms with van der Waals surface area (Å²) in [6.07, 6.45) is 5.65. The van der Waals surface area contributed by atoms with Gasteiger partial charge in [-0.2, -0.15) is 0 Å². The molecule has 0 radical (unpaired) electrons. The van der Waals surface area contributed by atoms with E-state index in [4.69, 9.17) is 0 Å². The summed E-state index contributed by atoms with van der Waals surface area (Å²) >= 11 is 0.211. The zero-order valence-corrected chi connectivity index (χ0v) is 7.72. The van der Waals surface area contributed by atoms with Gasteiger partial charge in [0.1, 0.15) is 0 Å². The Labute approximate surface area is 65.5 Å². The van der Waals surface area contributed by atoms with Gasteiger partial charge in [0.05, 0.1) is 0 Å². The third-order valence-electron chi connectivity index (χ3n) is 1.98. The van der Waals surface area contributed by atoms with Gasteiger partial charge in [0.2, 0.25) is 0 Å². The fourth-order valence-electron chi connectivity index (χ4n) is 1.42. The molecule has 0 aromatic carbocycles. The maximum atomic E-state index is 2.51. The molecule has 0 atom stereocenters. The van der Waals surface area contributed by atoms with E-state index in [0.717, 1.165) is 0 Å². The van der Waals surface area contributed by atoms with E-state index in [1.54, 1.807) is 11.1 Å². The van der Waals surface area contributed by atoms with Crippen LogP contribution in [0.15, 0.2) is 8.16 Å². The Hall–Kier alpha value is 0.270. The van der Waals surface area contributed by atoms with E-state index in [1.165, 1.54) is 25.7 Å². The number of hydrogen-bond acceptors (Lipinski definition) is 0. The van der Waals surface area contributed by atoms with Crippen molar-refractivity contribution in [3.8, 4) is 0 Å². The summed E-state index contributed by atoms with van der Waals surface area (Å²) in [5.41, 5.74) is 3.42. The SMILES string of the molecule is c1[te]cc2c1CCCC2. The fourth-order valence-corrected chi connectivity index (χ4v) is 4.09. The molecular formula is C8H10Te.